The Balaban J connectivity index is 2.32. The third kappa shape index (κ3) is 3.00. The molecule has 0 aliphatic heterocycles. The predicted octanol–water partition coefficient (Wildman–Crippen LogP) is 4.50. The van der Waals surface area contributed by atoms with Gasteiger partial charge in [0.15, 0.2) is 0 Å². The van der Waals surface area contributed by atoms with Crippen molar-refractivity contribution in [1.29, 1.82) is 5.26 Å². The van der Waals surface area contributed by atoms with Crippen molar-refractivity contribution in [3.63, 3.8) is 0 Å². The van der Waals surface area contributed by atoms with E-state index in [9.17, 15) is 5.26 Å². The Bertz CT molecular complexity index is 569. The summed E-state index contributed by atoms with van der Waals surface area (Å²) in [6.07, 6.45) is 0.939. The minimum atomic E-state index is -0.131. The summed E-state index contributed by atoms with van der Waals surface area (Å²) in [5, 5.41) is 9.59. The number of hydrogen-bond acceptors (Lipinski definition) is 2. The lowest BCUT2D eigenvalue weighted by Crippen LogP contribution is -2.09. The molecule has 0 aliphatic rings. The van der Waals surface area contributed by atoms with Crippen molar-refractivity contribution in [2.75, 3.05) is 7.11 Å². The van der Waals surface area contributed by atoms with Crippen molar-refractivity contribution in [1.82, 2.24) is 0 Å². The third-order valence-corrected chi connectivity index (χ3v) is 3.68. The van der Waals surface area contributed by atoms with Crippen molar-refractivity contribution in [3.05, 3.63) is 65.7 Å². The molecule has 0 heterocycles. The predicted molar refractivity (Wildman–Crippen MR) is 80.8 cm³/mol. The highest BCUT2D eigenvalue weighted by Gasteiger charge is 2.23. The zero-order chi connectivity index (χ0) is 14.4. The molecule has 0 bridgehead atoms. The Morgan fingerprint density at radius 2 is 1.65 bits per heavy atom. The molecule has 2 nitrogen and oxygen atoms in total. The van der Waals surface area contributed by atoms with Crippen molar-refractivity contribution >= 4 is 0 Å². The lowest BCUT2D eigenvalue weighted by Gasteiger charge is -2.21. The van der Waals surface area contributed by atoms with Crippen LogP contribution in [-0.2, 0) is 0 Å². The SMILES string of the molecule is CCC(c1ccccc1)C(C#N)c1ccc(OC)cc1. The number of ether oxygens (including phenoxy) is 1. The van der Waals surface area contributed by atoms with Gasteiger partial charge in [-0.3, -0.25) is 0 Å². The minimum Gasteiger partial charge on any atom is -0.497 e. The van der Waals surface area contributed by atoms with E-state index in [0.717, 1.165) is 17.7 Å². The molecule has 0 N–H and O–H groups in total. The van der Waals surface area contributed by atoms with E-state index in [4.69, 9.17) is 4.74 Å². The standard InChI is InChI=1S/C18H19NO/c1-3-17(14-7-5-4-6-8-14)18(13-19)15-9-11-16(20-2)12-10-15/h4-12,17-18H,3H2,1-2H3. The first-order valence-corrected chi connectivity index (χ1v) is 6.88. The van der Waals surface area contributed by atoms with E-state index in [-0.39, 0.29) is 11.8 Å². The highest BCUT2D eigenvalue weighted by Crippen LogP contribution is 2.35. The fourth-order valence-corrected chi connectivity index (χ4v) is 2.57. The fourth-order valence-electron chi connectivity index (χ4n) is 2.57. The Morgan fingerprint density at radius 3 is 2.15 bits per heavy atom. The molecule has 0 fully saturated rings. The van der Waals surface area contributed by atoms with Crippen LogP contribution < -0.4 is 4.74 Å². The van der Waals surface area contributed by atoms with Gasteiger partial charge in [-0.2, -0.15) is 5.26 Å². The van der Waals surface area contributed by atoms with E-state index in [1.54, 1.807) is 7.11 Å². The van der Waals surface area contributed by atoms with E-state index < -0.39 is 0 Å². The van der Waals surface area contributed by atoms with Gasteiger partial charge >= 0.3 is 0 Å². The first kappa shape index (κ1) is 14.1. The number of methoxy groups -OCH3 is 1. The summed E-state index contributed by atoms with van der Waals surface area (Å²) in [6.45, 7) is 2.13. The largest absolute Gasteiger partial charge is 0.497 e. The quantitative estimate of drug-likeness (QED) is 0.797. The molecular weight excluding hydrogens is 246 g/mol. The van der Waals surface area contributed by atoms with Gasteiger partial charge in [0, 0.05) is 5.92 Å². The topological polar surface area (TPSA) is 33.0 Å². The van der Waals surface area contributed by atoms with Crippen LogP contribution in [0.15, 0.2) is 54.6 Å². The van der Waals surface area contributed by atoms with E-state index >= 15 is 0 Å². The summed E-state index contributed by atoms with van der Waals surface area (Å²) in [4.78, 5) is 0. The Morgan fingerprint density at radius 1 is 1.00 bits per heavy atom. The molecule has 0 spiro atoms. The van der Waals surface area contributed by atoms with Crippen LogP contribution in [0.5, 0.6) is 5.75 Å². The molecule has 102 valence electrons. The minimum absolute atomic E-state index is 0.131. The second kappa shape index (κ2) is 6.77. The number of nitrogens with zero attached hydrogens (tertiary/aromatic N) is 1. The summed E-state index contributed by atoms with van der Waals surface area (Å²) in [6, 6.07) is 20.5. The van der Waals surface area contributed by atoms with Crippen LogP contribution in [0.25, 0.3) is 0 Å². The Hall–Kier alpha value is -2.27. The Kier molecular flexibility index (Phi) is 4.79. The molecule has 2 rings (SSSR count). The van der Waals surface area contributed by atoms with Crippen molar-refractivity contribution in [3.8, 4) is 11.8 Å². The van der Waals surface area contributed by atoms with Crippen LogP contribution in [0.1, 0.15) is 36.3 Å². The zero-order valence-electron chi connectivity index (χ0n) is 11.9. The van der Waals surface area contributed by atoms with Crippen molar-refractivity contribution < 1.29 is 4.74 Å². The average molecular weight is 265 g/mol. The maximum absolute atomic E-state index is 9.59. The maximum atomic E-state index is 9.59. The van der Waals surface area contributed by atoms with Crippen LogP contribution in [-0.4, -0.2) is 7.11 Å². The first-order valence-electron chi connectivity index (χ1n) is 6.88. The first-order chi connectivity index (χ1) is 9.80. The average Bonchev–Trinajstić information content (AvgIpc) is 2.53. The van der Waals surface area contributed by atoms with Gasteiger partial charge in [-0.05, 0) is 29.7 Å². The van der Waals surface area contributed by atoms with Gasteiger partial charge in [0.1, 0.15) is 5.75 Å². The van der Waals surface area contributed by atoms with Gasteiger partial charge in [0.05, 0.1) is 19.1 Å². The molecule has 2 heteroatoms. The molecule has 0 aromatic heterocycles. The highest BCUT2D eigenvalue weighted by molar-refractivity contribution is 5.36. The maximum Gasteiger partial charge on any atom is 0.118 e. The van der Waals surface area contributed by atoms with Gasteiger partial charge in [-0.25, -0.2) is 0 Å². The molecule has 2 unspecified atom stereocenters. The number of rotatable bonds is 5. The van der Waals surface area contributed by atoms with Crippen molar-refractivity contribution in [2.45, 2.75) is 25.2 Å². The fraction of sp³-hybridized carbons (Fsp3) is 0.278. The highest BCUT2D eigenvalue weighted by atomic mass is 16.5. The number of hydrogen-bond donors (Lipinski definition) is 0. The normalized spacial score (nSPS) is 13.2. The van der Waals surface area contributed by atoms with Crippen LogP contribution in [0.4, 0.5) is 0 Å². The second-order valence-electron chi connectivity index (χ2n) is 4.81. The van der Waals surface area contributed by atoms with Gasteiger partial charge < -0.3 is 4.74 Å². The summed E-state index contributed by atoms with van der Waals surface area (Å²) in [5.74, 6) is 0.904. The molecule has 2 aromatic rings. The summed E-state index contributed by atoms with van der Waals surface area (Å²) in [5.41, 5.74) is 2.27. The Labute approximate surface area is 120 Å². The van der Waals surface area contributed by atoms with E-state index in [0.29, 0.717) is 0 Å². The van der Waals surface area contributed by atoms with Gasteiger partial charge in [0.2, 0.25) is 0 Å². The molecule has 20 heavy (non-hydrogen) atoms. The smallest absolute Gasteiger partial charge is 0.118 e. The number of benzene rings is 2. The van der Waals surface area contributed by atoms with Gasteiger partial charge in [-0.1, -0.05) is 49.4 Å². The molecule has 0 saturated heterocycles. The monoisotopic (exact) mass is 265 g/mol. The van der Waals surface area contributed by atoms with Crippen LogP contribution in [0.2, 0.25) is 0 Å². The van der Waals surface area contributed by atoms with Crippen molar-refractivity contribution in [2.24, 2.45) is 0 Å². The van der Waals surface area contributed by atoms with E-state index in [1.807, 2.05) is 42.5 Å². The molecule has 2 aromatic carbocycles. The van der Waals surface area contributed by atoms with Crippen LogP contribution >= 0.6 is 0 Å². The third-order valence-electron chi connectivity index (χ3n) is 3.68. The molecule has 0 radical (unpaired) electrons. The molecule has 0 aliphatic carbocycles. The second-order valence-corrected chi connectivity index (χ2v) is 4.81. The zero-order valence-corrected chi connectivity index (χ0v) is 11.9. The summed E-state index contributed by atoms with van der Waals surface area (Å²) < 4.78 is 5.17. The molecular formula is C18H19NO. The number of nitriles is 1. The summed E-state index contributed by atoms with van der Waals surface area (Å²) >= 11 is 0. The lowest BCUT2D eigenvalue weighted by molar-refractivity contribution is 0.414. The van der Waals surface area contributed by atoms with E-state index in [1.165, 1.54) is 5.56 Å². The van der Waals surface area contributed by atoms with Crippen LogP contribution in [0, 0.1) is 11.3 Å². The van der Waals surface area contributed by atoms with Crippen LogP contribution in [0.3, 0.4) is 0 Å². The molecule has 2 atom stereocenters. The summed E-state index contributed by atoms with van der Waals surface area (Å²) in [7, 11) is 1.65. The lowest BCUT2D eigenvalue weighted by atomic mass is 9.81. The molecule has 0 saturated carbocycles. The van der Waals surface area contributed by atoms with Gasteiger partial charge in [-0.15, -0.1) is 0 Å². The molecule has 0 amide bonds. The van der Waals surface area contributed by atoms with Gasteiger partial charge in [0.25, 0.3) is 0 Å². The van der Waals surface area contributed by atoms with E-state index in [2.05, 4.69) is 25.1 Å².